The van der Waals surface area contributed by atoms with Gasteiger partial charge in [0.05, 0.1) is 11.6 Å². The molecule has 3 rings (SSSR count). The van der Waals surface area contributed by atoms with E-state index in [0.717, 1.165) is 23.4 Å². The van der Waals surface area contributed by atoms with E-state index in [9.17, 15) is 0 Å². The number of pyridine rings is 2. The van der Waals surface area contributed by atoms with Crippen molar-refractivity contribution in [1.29, 1.82) is 0 Å². The van der Waals surface area contributed by atoms with E-state index in [1.165, 1.54) is 10.9 Å². The van der Waals surface area contributed by atoms with Crippen LogP contribution in [-0.2, 0) is 12.4 Å². The lowest BCUT2D eigenvalue weighted by atomic mass is 10.1. The molecule has 1 aromatic carbocycles. The fourth-order valence-electron chi connectivity index (χ4n) is 2.43. The molecule has 106 valence electrons. The second kappa shape index (κ2) is 6.10. The summed E-state index contributed by atoms with van der Waals surface area (Å²) in [6.07, 6.45) is 3.62. The number of fused-ring (bicyclic) bond motifs is 1. The van der Waals surface area contributed by atoms with Gasteiger partial charge in [-0.2, -0.15) is 0 Å². The molecule has 2 aromatic heterocycles. The highest BCUT2D eigenvalue weighted by Gasteiger charge is 2.10. The number of halogens is 1. The number of anilines is 1. The maximum absolute atomic E-state index is 5.97. The molecule has 4 heteroatoms. The Hall–Kier alpha value is -2.13. The van der Waals surface area contributed by atoms with Crippen LogP contribution in [0, 0.1) is 0 Å². The van der Waals surface area contributed by atoms with E-state index in [1.807, 2.05) is 49.8 Å². The molecular weight excluding hydrogens is 282 g/mol. The Labute approximate surface area is 129 Å². The highest BCUT2D eigenvalue weighted by Crippen LogP contribution is 2.26. The van der Waals surface area contributed by atoms with Crippen LogP contribution in [0.4, 0.5) is 5.82 Å². The Kier molecular flexibility index (Phi) is 4.02. The van der Waals surface area contributed by atoms with Crippen molar-refractivity contribution in [2.24, 2.45) is 0 Å². The molecule has 3 aromatic rings. The van der Waals surface area contributed by atoms with E-state index in [2.05, 4.69) is 22.0 Å². The molecule has 2 heterocycles. The lowest BCUT2D eigenvalue weighted by molar-refractivity contribution is 0.895. The molecule has 0 atom stereocenters. The number of alkyl halides is 1. The maximum Gasteiger partial charge on any atom is 0.136 e. The molecule has 0 saturated heterocycles. The van der Waals surface area contributed by atoms with Crippen molar-refractivity contribution in [2.45, 2.75) is 12.4 Å². The van der Waals surface area contributed by atoms with Crippen LogP contribution in [0.1, 0.15) is 11.3 Å². The van der Waals surface area contributed by atoms with Crippen LogP contribution in [-0.4, -0.2) is 17.0 Å². The molecule has 0 N–H and O–H groups in total. The van der Waals surface area contributed by atoms with E-state index in [-0.39, 0.29) is 0 Å². The number of rotatable bonds is 4. The number of benzene rings is 1. The third kappa shape index (κ3) is 2.98. The SMILES string of the molecule is CN(Cc1ccncc1)c1nc(CCl)cc2ccccc12. The average molecular weight is 298 g/mol. The van der Waals surface area contributed by atoms with E-state index in [1.54, 1.807) is 0 Å². The molecule has 0 bridgehead atoms. The number of hydrogen-bond acceptors (Lipinski definition) is 3. The minimum atomic E-state index is 0.418. The summed E-state index contributed by atoms with van der Waals surface area (Å²) in [4.78, 5) is 10.9. The van der Waals surface area contributed by atoms with E-state index >= 15 is 0 Å². The maximum atomic E-state index is 5.97. The van der Waals surface area contributed by atoms with Crippen molar-refractivity contribution in [3.8, 4) is 0 Å². The predicted molar refractivity (Wildman–Crippen MR) is 87.6 cm³/mol. The first-order valence-electron chi connectivity index (χ1n) is 6.82. The van der Waals surface area contributed by atoms with Crippen molar-refractivity contribution in [3.05, 3.63) is 66.1 Å². The standard InChI is InChI=1S/C17H16ClN3/c1-21(12-13-6-8-19-9-7-13)17-16-5-3-2-4-14(16)10-15(11-18)20-17/h2-10H,11-12H2,1H3. The first kappa shape index (κ1) is 13.8. The molecule has 0 radical (unpaired) electrons. The van der Waals surface area contributed by atoms with Gasteiger partial charge in [-0.1, -0.05) is 24.3 Å². The van der Waals surface area contributed by atoms with Crippen molar-refractivity contribution in [3.63, 3.8) is 0 Å². The smallest absolute Gasteiger partial charge is 0.136 e. The summed E-state index contributed by atoms with van der Waals surface area (Å²) in [5.41, 5.74) is 2.10. The van der Waals surface area contributed by atoms with Gasteiger partial charge in [-0.05, 0) is 29.1 Å². The minimum absolute atomic E-state index is 0.418. The van der Waals surface area contributed by atoms with Gasteiger partial charge in [0.25, 0.3) is 0 Å². The molecule has 0 aliphatic rings. The lowest BCUT2D eigenvalue weighted by Crippen LogP contribution is -2.18. The number of aromatic nitrogens is 2. The normalized spacial score (nSPS) is 10.8. The van der Waals surface area contributed by atoms with Crippen molar-refractivity contribution >= 4 is 28.2 Å². The Morgan fingerprint density at radius 3 is 2.62 bits per heavy atom. The zero-order chi connectivity index (χ0) is 14.7. The van der Waals surface area contributed by atoms with E-state index in [0.29, 0.717) is 5.88 Å². The summed E-state index contributed by atoms with van der Waals surface area (Å²) in [7, 11) is 2.05. The Balaban J connectivity index is 2.02. The van der Waals surface area contributed by atoms with Gasteiger partial charge in [0, 0.05) is 31.4 Å². The third-order valence-electron chi connectivity index (χ3n) is 3.44. The molecule has 0 saturated carbocycles. The van der Waals surface area contributed by atoms with Crippen LogP contribution < -0.4 is 4.90 Å². The molecule has 21 heavy (non-hydrogen) atoms. The van der Waals surface area contributed by atoms with Crippen molar-refractivity contribution in [1.82, 2.24) is 9.97 Å². The van der Waals surface area contributed by atoms with Gasteiger partial charge in [0.2, 0.25) is 0 Å². The zero-order valence-corrected chi connectivity index (χ0v) is 12.6. The second-order valence-corrected chi connectivity index (χ2v) is 5.27. The molecule has 0 unspecified atom stereocenters. The Morgan fingerprint density at radius 2 is 1.86 bits per heavy atom. The summed E-state index contributed by atoms with van der Waals surface area (Å²) < 4.78 is 0. The van der Waals surface area contributed by atoms with Gasteiger partial charge < -0.3 is 4.90 Å². The summed E-state index contributed by atoms with van der Waals surface area (Å²) >= 11 is 5.97. The molecule has 0 spiro atoms. The quantitative estimate of drug-likeness (QED) is 0.682. The Bertz CT molecular complexity index is 743. The highest BCUT2D eigenvalue weighted by molar-refractivity contribution is 6.17. The Morgan fingerprint density at radius 1 is 1.10 bits per heavy atom. The van der Waals surface area contributed by atoms with Crippen LogP contribution >= 0.6 is 11.6 Å². The summed E-state index contributed by atoms with van der Waals surface area (Å²) in [5.74, 6) is 1.38. The van der Waals surface area contributed by atoms with Gasteiger partial charge in [-0.3, -0.25) is 4.98 Å². The fourth-order valence-corrected chi connectivity index (χ4v) is 2.57. The molecule has 0 aliphatic heterocycles. The molecule has 0 aliphatic carbocycles. The topological polar surface area (TPSA) is 29.0 Å². The monoisotopic (exact) mass is 297 g/mol. The van der Waals surface area contributed by atoms with Gasteiger partial charge in [0.1, 0.15) is 5.82 Å². The second-order valence-electron chi connectivity index (χ2n) is 5.00. The van der Waals surface area contributed by atoms with Crippen LogP contribution in [0.25, 0.3) is 10.8 Å². The fraction of sp³-hybridized carbons (Fsp3) is 0.176. The summed E-state index contributed by atoms with van der Waals surface area (Å²) in [6, 6.07) is 14.3. The van der Waals surface area contributed by atoms with Crippen LogP contribution in [0.3, 0.4) is 0 Å². The van der Waals surface area contributed by atoms with Crippen LogP contribution in [0.5, 0.6) is 0 Å². The van der Waals surface area contributed by atoms with Crippen LogP contribution in [0.15, 0.2) is 54.9 Å². The van der Waals surface area contributed by atoms with Crippen LogP contribution in [0.2, 0.25) is 0 Å². The van der Waals surface area contributed by atoms with E-state index < -0.39 is 0 Å². The first-order valence-corrected chi connectivity index (χ1v) is 7.36. The third-order valence-corrected chi connectivity index (χ3v) is 3.71. The predicted octanol–water partition coefficient (Wildman–Crippen LogP) is 4.01. The van der Waals surface area contributed by atoms with Crippen molar-refractivity contribution in [2.75, 3.05) is 11.9 Å². The van der Waals surface area contributed by atoms with Crippen molar-refractivity contribution < 1.29 is 0 Å². The number of nitrogens with zero attached hydrogens (tertiary/aromatic N) is 3. The molecular formula is C17H16ClN3. The number of hydrogen-bond donors (Lipinski definition) is 0. The van der Waals surface area contributed by atoms with Gasteiger partial charge >= 0.3 is 0 Å². The molecule has 0 fully saturated rings. The first-order chi connectivity index (χ1) is 10.3. The van der Waals surface area contributed by atoms with Gasteiger partial charge in [-0.15, -0.1) is 11.6 Å². The summed E-state index contributed by atoms with van der Waals surface area (Å²) in [5, 5.41) is 2.31. The van der Waals surface area contributed by atoms with Gasteiger partial charge in [0.15, 0.2) is 0 Å². The molecule has 0 amide bonds. The molecule has 3 nitrogen and oxygen atoms in total. The lowest BCUT2D eigenvalue weighted by Gasteiger charge is -2.21. The highest BCUT2D eigenvalue weighted by atomic mass is 35.5. The van der Waals surface area contributed by atoms with E-state index in [4.69, 9.17) is 16.6 Å². The zero-order valence-electron chi connectivity index (χ0n) is 11.8. The van der Waals surface area contributed by atoms with Gasteiger partial charge in [-0.25, -0.2) is 4.98 Å². The minimum Gasteiger partial charge on any atom is -0.355 e. The largest absolute Gasteiger partial charge is 0.355 e. The average Bonchev–Trinajstić information content (AvgIpc) is 2.54. The summed E-state index contributed by atoms with van der Waals surface area (Å²) in [6.45, 7) is 0.783.